The lowest BCUT2D eigenvalue weighted by Crippen LogP contribution is -2.35. The predicted molar refractivity (Wildman–Crippen MR) is 76.5 cm³/mol. The van der Waals surface area contributed by atoms with Crippen LogP contribution in [0.5, 0.6) is 0 Å². The minimum atomic E-state index is -0.448. The summed E-state index contributed by atoms with van der Waals surface area (Å²) in [4.78, 5) is 12.9. The summed E-state index contributed by atoms with van der Waals surface area (Å²) in [5, 5.41) is 23.0. The van der Waals surface area contributed by atoms with Crippen molar-refractivity contribution in [1.29, 1.82) is 5.26 Å². The molecule has 0 spiro atoms. The van der Waals surface area contributed by atoms with E-state index in [1.54, 1.807) is 12.1 Å². The Morgan fingerprint density at radius 2 is 2.40 bits per heavy atom. The number of likely N-dealkylation sites (tertiary alicyclic amines) is 1. The van der Waals surface area contributed by atoms with Gasteiger partial charge in [-0.2, -0.15) is 5.26 Å². The topological polar surface area (TPSA) is 82.2 Å². The molecule has 106 valence electrons. The largest absolute Gasteiger partial charge is 0.379 e. The number of hydrogen-bond acceptors (Lipinski definition) is 5. The zero-order chi connectivity index (χ0) is 14.5. The first-order chi connectivity index (χ1) is 9.60. The Kier molecular flexibility index (Phi) is 4.53. The fourth-order valence-corrected chi connectivity index (χ4v) is 2.60. The zero-order valence-corrected chi connectivity index (χ0v) is 11.5. The van der Waals surface area contributed by atoms with Gasteiger partial charge in [-0.15, -0.1) is 0 Å². The van der Waals surface area contributed by atoms with Crippen molar-refractivity contribution in [2.75, 3.05) is 32.0 Å². The molecule has 1 aliphatic heterocycles. The molecule has 20 heavy (non-hydrogen) atoms. The maximum atomic E-state index is 11.0. The molecule has 6 heteroatoms. The smallest absolute Gasteiger partial charge is 0.293 e. The first-order valence-electron chi connectivity index (χ1n) is 6.71. The number of nitrogens with one attached hydrogen (secondary N) is 1. The molecular weight excluding hydrogens is 256 g/mol. The van der Waals surface area contributed by atoms with Crippen molar-refractivity contribution in [1.82, 2.24) is 4.90 Å². The minimum Gasteiger partial charge on any atom is -0.379 e. The van der Waals surface area contributed by atoms with E-state index in [0.29, 0.717) is 17.2 Å². The fraction of sp³-hybridized carbons (Fsp3) is 0.500. The number of piperidine rings is 1. The molecule has 1 atom stereocenters. The van der Waals surface area contributed by atoms with Crippen molar-refractivity contribution < 1.29 is 4.92 Å². The van der Waals surface area contributed by atoms with E-state index in [9.17, 15) is 10.1 Å². The zero-order valence-electron chi connectivity index (χ0n) is 11.5. The minimum absolute atomic E-state index is 0.0341. The highest BCUT2D eigenvalue weighted by Crippen LogP contribution is 2.26. The number of rotatable bonds is 4. The van der Waals surface area contributed by atoms with Crippen molar-refractivity contribution >= 4 is 11.4 Å². The number of nitro benzene ring substituents is 1. The molecule has 1 unspecified atom stereocenters. The van der Waals surface area contributed by atoms with Crippen molar-refractivity contribution in [3.8, 4) is 6.07 Å². The Morgan fingerprint density at radius 3 is 3.05 bits per heavy atom. The second-order valence-electron chi connectivity index (χ2n) is 5.25. The summed E-state index contributed by atoms with van der Waals surface area (Å²) < 4.78 is 0. The van der Waals surface area contributed by atoms with E-state index in [2.05, 4.69) is 17.3 Å². The first-order valence-corrected chi connectivity index (χ1v) is 6.71. The third-order valence-corrected chi connectivity index (χ3v) is 3.63. The summed E-state index contributed by atoms with van der Waals surface area (Å²) in [6, 6.07) is 6.45. The number of nitrogens with zero attached hydrogens (tertiary/aromatic N) is 3. The van der Waals surface area contributed by atoms with Gasteiger partial charge in [-0.05, 0) is 44.5 Å². The summed E-state index contributed by atoms with van der Waals surface area (Å²) in [6.45, 7) is 2.85. The normalized spacial score (nSPS) is 19.3. The van der Waals surface area contributed by atoms with Crippen molar-refractivity contribution in [2.45, 2.75) is 12.8 Å². The van der Waals surface area contributed by atoms with Crippen LogP contribution in [0, 0.1) is 27.4 Å². The molecule has 0 aliphatic carbocycles. The van der Waals surface area contributed by atoms with E-state index >= 15 is 0 Å². The summed E-state index contributed by atoms with van der Waals surface area (Å²) in [5.74, 6) is 0.504. The fourth-order valence-electron chi connectivity index (χ4n) is 2.60. The Bertz CT molecular complexity index is 538. The van der Waals surface area contributed by atoms with E-state index in [0.717, 1.165) is 32.5 Å². The van der Waals surface area contributed by atoms with Crippen molar-refractivity contribution in [2.24, 2.45) is 5.92 Å². The number of nitriles is 1. The Balaban J connectivity index is 2.05. The van der Waals surface area contributed by atoms with Gasteiger partial charge in [-0.25, -0.2) is 0 Å². The predicted octanol–water partition coefficient (Wildman–Crippen LogP) is 2.22. The highest BCUT2D eigenvalue weighted by atomic mass is 16.6. The second-order valence-corrected chi connectivity index (χ2v) is 5.25. The van der Waals surface area contributed by atoms with Gasteiger partial charge in [0.15, 0.2) is 0 Å². The van der Waals surface area contributed by atoms with Gasteiger partial charge in [0.1, 0.15) is 5.69 Å². The molecule has 1 aromatic rings. The lowest BCUT2D eigenvalue weighted by atomic mass is 9.98. The van der Waals surface area contributed by atoms with Crippen LogP contribution >= 0.6 is 0 Å². The number of benzene rings is 1. The molecule has 6 nitrogen and oxygen atoms in total. The van der Waals surface area contributed by atoms with Gasteiger partial charge in [0.25, 0.3) is 5.69 Å². The maximum Gasteiger partial charge on any atom is 0.293 e. The van der Waals surface area contributed by atoms with Crippen LogP contribution in [0.3, 0.4) is 0 Å². The second kappa shape index (κ2) is 6.35. The number of anilines is 1. The molecule has 1 saturated heterocycles. The average molecular weight is 274 g/mol. The van der Waals surface area contributed by atoms with Crippen molar-refractivity contribution in [3.63, 3.8) is 0 Å². The molecule has 1 aromatic carbocycles. The van der Waals surface area contributed by atoms with Crippen LogP contribution in [0.1, 0.15) is 18.4 Å². The van der Waals surface area contributed by atoms with E-state index in [-0.39, 0.29) is 5.69 Å². The molecule has 0 aromatic heterocycles. The van der Waals surface area contributed by atoms with Crippen LogP contribution in [-0.2, 0) is 0 Å². The average Bonchev–Trinajstić information content (AvgIpc) is 2.45. The molecule has 0 saturated carbocycles. The van der Waals surface area contributed by atoms with E-state index in [1.165, 1.54) is 6.07 Å². The van der Waals surface area contributed by atoms with Crippen LogP contribution in [0.15, 0.2) is 18.2 Å². The SMILES string of the molecule is CN1CCCC(CNc2ccc(C#N)cc2[N+](=O)[O-])C1. The Hall–Kier alpha value is -2.13. The molecule has 0 amide bonds. The van der Waals surface area contributed by atoms with Crippen molar-refractivity contribution in [3.05, 3.63) is 33.9 Å². The summed E-state index contributed by atoms with van der Waals surface area (Å²) in [5.41, 5.74) is 0.759. The van der Waals surface area contributed by atoms with Gasteiger partial charge in [0, 0.05) is 19.2 Å². The van der Waals surface area contributed by atoms with Crippen LogP contribution in [-0.4, -0.2) is 36.5 Å². The van der Waals surface area contributed by atoms with Gasteiger partial charge in [0.05, 0.1) is 16.6 Å². The number of nitro groups is 1. The van der Waals surface area contributed by atoms with Crippen LogP contribution < -0.4 is 5.32 Å². The summed E-state index contributed by atoms with van der Waals surface area (Å²) >= 11 is 0. The van der Waals surface area contributed by atoms with Gasteiger partial charge in [-0.1, -0.05) is 0 Å². The van der Waals surface area contributed by atoms with Crippen LogP contribution in [0.4, 0.5) is 11.4 Å². The van der Waals surface area contributed by atoms with E-state index in [4.69, 9.17) is 5.26 Å². The third kappa shape index (κ3) is 3.45. The van der Waals surface area contributed by atoms with Gasteiger partial charge in [0.2, 0.25) is 0 Å². The molecular formula is C14H18N4O2. The maximum absolute atomic E-state index is 11.0. The van der Waals surface area contributed by atoms with Gasteiger partial charge < -0.3 is 10.2 Å². The molecule has 0 radical (unpaired) electrons. The van der Waals surface area contributed by atoms with E-state index < -0.39 is 4.92 Å². The standard InChI is InChI=1S/C14H18N4O2/c1-17-6-2-3-12(10-17)9-16-13-5-4-11(8-15)7-14(13)18(19)20/h4-5,7,12,16H,2-3,6,9-10H2,1H3. The van der Waals surface area contributed by atoms with Gasteiger partial charge >= 0.3 is 0 Å². The first kappa shape index (κ1) is 14.3. The Labute approximate surface area is 118 Å². The summed E-state index contributed by atoms with van der Waals surface area (Å²) in [6.07, 6.45) is 2.31. The van der Waals surface area contributed by atoms with E-state index in [1.807, 2.05) is 6.07 Å². The lowest BCUT2D eigenvalue weighted by Gasteiger charge is -2.29. The quantitative estimate of drug-likeness (QED) is 0.672. The van der Waals surface area contributed by atoms with Gasteiger partial charge in [-0.3, -0.25) is 10.1 Å². The molecule has 1 fully saturated rings. The molecule has 1 aliphatic rings. The molecule has 0 bridgehead atoms. The molecule has 2 rings (SSSR count). The lowest BCUT2D eigenvalue weighted by molar-refractivity contribution is -0.384. The monoisotopic (exact) mass is 274 g/mol. The number of hydrogen-bond donors (Lipinski definition) is 1. The third-order valence-electron chi connectivity index (χ3n) is 3.63. The molecule has 1 N–H and O–H groups in total. The highest BCUT2D eigenvalue weighted by Gasteiger charge is 2.19. The molecule has 1 heterocycles. The summed E-state index contributed by atoms with van der Waals surface area (Å²) in [7, 11) is 2.09. The van der Waals surface area contributed by atoms with Crippen LogP contribution in [0.25, 0.3) is 0 Å². The Morgan fingerprint density at radius 1 is 1.60 bits per heavy atom. The van der Waals surface area contributed by atoms with Crippen LogP contribution in [0.2, 0.25) is 0 Å². The highest BCUT2D eigenvalue weighted by molar-refractivity contribution is 5.64.